The van der Waals surface area contributed by atoms with Crippen LogP contribution in [0.1, 0.15) is 42.8 Å². The lowest BCUT2D eigenvalue weighted by atomic mass is 10.0. The molecule has 1 unspecified atom stereocenters. The Morgan fingerprint density at radius 2 is 2.12 bits per heavy atom. The van der Waals surface area contributed by atoms with E-state index in [2.05, 4.69) is 4.99 Å². The molecule has 1 saturated carbocycles. The summed E-state index contributed by atoms with van der Waals surface area (Å²) in [5.74, 6) is 0.0623. The number of benzene rings is 1. The van der Waals surface area contributed by atoms with E-state index in [4.69, 9.17) is 25.8 Å². The molecule has 8 nitrogen and oxygen atoms in total. The number of carboxylic acids is 1. The second-order valence-corrected chi connectivity index (χ2v) is 8.33. The topological polar surface area (TPSA) is 99.3 Å². The van der Waals surface area contributed by atoms with Gasteiger partial charge in [0.1, 0.15) is 17.1 Å². The Kier molecular flexibility index (Phi) is 6.85. The van der Waals surface area contributed by atoms with Gasteiger partial charge >= 0.3 is 5.97 Å². The summed E-state index contributed by atoms with van der Waals surface area (Å²) >= 11 is 6.45. The Morgan fingerprint density at radius 1 is 1.33 bits per heavy atom. The van der Waals surface area contributed by atoms with Gasteiger partial charge in [-0.05, 0) is 31.7 Å². The number of rotatable bonds is 9. The number of allylic oxidation sites excluding steroid dienone is 1. The molecule has 1 aromatic heterocycles. The molecule has 1 aliphatic carbocycles. The molecule has 0 bridgehead atoms. The number of aromatic nitrogens is 1. The second-order valence-electron chi connectivity index (χ2n) is 7.92. The summed E-state index contributed by atoms with van der Waals surface area (Å²) in [7, 11) is 1.62. The molecule has 0 radical (unpaired) electrons. The summed E-state index contributed by atoms with van der Waals surface area (Å²) in [6, 6.07) is 4.65. The van der Waals surface area contributed by atoms with E-state index in [9.17, 15) is 14.7 Å². The van der Waals surface area contributed by atoms with Crippen LogP contribution in [0.15, 0.2) is 46.0 Å². The van der Waals surface area contributed by atoms with Gasteiger partial charge in [-0.15, -0.1) is 0 Å². The summed E-state index contributed by atoms with van der Waals surface area (Å²) in [6.45, 7) is 2.82. The molecule has 0 spiro atoms. The van der Waals surface area contributed by atoms with Gasteiger partial charge < -0.3 is 23.9 Å². The number of fused-ring (bicyclic) bond motifs is 3. The van der Waals surface area contributed by atoms with Gasteiger partial charge in [0.25, 0.3) is 0 Å². The highest BCUT2D eigenvalue weighted by molar-refractivity contribution is 6.32. The van der Waals surface area contributed by atoms with Gasteiger partial charge in [-0.1, -0.05) is 17.7 Å². The third-order valence-corrected chi connectivity index (χ3v) is 5.76. The number of aliphatic imine (C=N–C) groups is 1. The zero-order chi connectivity index (χ0) is 23.5. The van der Waals surface area contributed by atoms with Crippen molar-refractivity contribution in [3.63, 3.8) is 0 Å². The van der Waals surface area contributed by atoms with Crippen molar-refractivity contribution in [3.8, 4) is 22.8 Å². The van der Waals surface area contributed by atoms with Crippen LogP contribution in [0, 0.1) is 5.92 Å². The molecule has 1 atom stereocenters. The van der Waals surface area contributed by atoms with Crippen LogP contribution in [-0.4, -0.2) is 42.2 Å². The molecule has 9 heteroatoms. The molecular weight excluding hydrogens is 448 g/mol. The number of carboxylic acid groups (broad SMARTS) is 1. The van der Waals surface area contributed by atoms with Gasteiger partial charge in [-0.25, -0.2) is 4.79 Å². The van der Waals surface area contributed by atoms with Crippen LogP contribution in [0.2, 0.25) is 5.02 Å². The van der Waals surface area contributed by atoms with E-state index >= 15 is 0 Å². The van der Waals surface area contributed by atoms with Crippen LogP contribution in [0.3, 0.4) is 0 Å². The Hall–Kier alpha value is -3.10. The molecule has 2 aromatic rings. The first kappa shape index (κ1) is 23.1. The van der Waals surface area contributed by atoms with Gasteiger partial charge in [-0.3, -0.25) is 9.79 Å². The van der Waals surface area contributed by atoms with Gasteiger partial charge in [0.15, 0.2) is 5.43 Å². The Bertz CT molecular complexity index is 1180. The fourth-order valence-electron chi connectivity index (χ4n) is 3.55. The number of pyridine rings is 1. The minimum atomic E-state index is -1.30. The van der Waals surface area contributed by atoms with E-state index < -0.39 is 17.6 Å². The second kappa shape index (κ2) is 9.80. The Balaban J connectivity index is 1.79. The zero-order valence-corrected chi connectivity index (χ0v) is 19.2. The number of aromatic carboxylic acids is 1. The maximum atomic E-state index is 12.5. The van der Waals surface area contributed by atoms with E-state index in [0.29, 0.717) is 59.0 Å². The minimum Gasteiger partial charge on any atom is -0.492 e. The third-order valence-electron chi connectivity index (χ3n) is 5.47. The van der Waals surface area contributed by atoms with E-state index in [0.717, 1.165) is 12.8 Å². The van der Waals surface area contributed by atoms with Crippen molar-refractivity contribution in [2.75, 3.05) is 20.3 Å². The molecule has 0 saturated heterocycles. The number of carbonyl (C=O) groups is 1. The van der Waals surface area contributed by atoms with Crippen LogP contribution < -0.4 is 14.9 Å². The quantitative estimate of drug-likeness (QED) is 0.424. The average Bonchev–Trinajstić information content (AvgIpc) is 3.61. The molecule has 1 N–H and O–H groups in total. The van der Waals surface area contributed by atoms with Gasteiger partial charge in [0.2, 0.25) is 6.23 Å². The number of halogens is 1. The van der Waals surface area contributed by atoms with Crippen LogP contribution in [0.25, 0.3) is 11.3 Å². The first-order valence-electron chi connectivity index (χ1n) is 10.7. The first-order chi connectivity index (χ1) is 15.9. The summed E-state index contributed by atoms with van der Waals surface area (Å²) in [5.41, 5.74) is 0.717. The van der Waals surface area contributed by atoms with E-state index in [1.807, 2.05) is 19.2 Å². The average molecular weight is 473 g/mol. The Morgan fingerprint density at radius 3 is 2.79 bits per heavy atom. The van der Waals surface area contributed by atoms with Crippen molar-refractivity contribution in [1.29, 1.82) is 0 Å². The van der Waals surface area contributed by atoms with E-state index in [-0.39, 0.29) is 5.56 Å². The fraction of sp³-hybridized carbons (Fsp3) is 0.375. The van der Waals surface area contributed by atoms with Crippen molar-refractivity contribution in [3.05, 3.63) is 57.0 Å². The lowest BCUT2D eigenvalue weighted by molar-refractivity contribution is 0.0693. The summed E-state index contributed by atoms with van der Waals surface area (Å²) in [5, 5.41) is 9.84. The third kappa shape index (κ3) is 4.96. The minimum absolute atomic E-state index is 0.346. The monoisotopic (exact) mass is 472 g/mol. The largest absolute Gasteiger partial charge is 0.492 e. The van der Waals surface area contributed by atoms with Crippen LogP contribution in [0.5, 0.6) is 11.5 Å². The van der Waals surface area contributed by atoms with Crippen molar-refractivity contribution in [1.82, 2.24) is 4.57 Å². The van der Waals surface area contributed by atoms with Crippen LogP contribution in [-0.2, 0) is 4.74 Å². The number of nitrogens with zero attached hydrogens (tertiary/aromatic N) is 2. The summed E-state index contributed by atoms with van der Waals surface area (Å²) in [4.78, 5) is 28.7. The smallest absolute Gasteiger partial charge is 0.341 e. The highest BCUT2D eigenvalue weighted by Crippen LogP contribution is 2.45. The number of ether oxygens (including phenoxy) is 3. The normalized spacial score (nSPS) is 17.4. The van der Waals surface area contributed by atoms with Crippen molar-refractivity contribution < 1.29 is 24.1 Å². The van der Waals surface area contributed by atoms with Gasteiger partial charge in [-0.2, -0.15) is 0 Å². The first-order valence-corrected chi connectivity index (χ1v) is 11.1. The molecule has 1 fully saturated rings. The molecule has 1 aliphatic heterocycles. The maximum Gasteiger partial charge on any atom is 0.341 e. The fourth-order valence-corrected chi connectivity index (χ4v) is 3.76. The molecular formula is C24H25ClN2O6. The highest BCUT2D eigenvalue weighted by Gasteiger charge is 2.31. The molecule has 0 amide bonds. The molecule has 33 heavy (non-hydrogen) atoms. The number of hydrogen-bond donors (Lipinski definition) is 1. The zero-order valence-electron chi connectivity index (χ0n) is 18.4. The van der Waals surface area contributed by atoms with E-state index in [1.54, 1.807) is 23.8 Å². The van der Waals surface area contributed by atoms with E-state index in [1.165, 1.54) is 12.3 Å². The van der Waals surface area contributed by atoms with Crippen molar-refractivity contribution in [2.24, 2.45) is 10.9 Å². The molecule has 1 aromatic carbocycles. The van der Waals surface area contributed by atoms with Gasteiger partial charge in [0, 0.05) is 50.2 Å². The molecule has 2 aliphatic rings. The highest BCUT2D eigenvalue weighted by atomic mass is 35.5. The lowest BCUT2D eigenvalue weighted by Crippen LogP contribution is -2.28. The standard InChI is InChI=1S/C24H25ClN2O6/c1-3-18(26-12-14-5-6-14)23-27-13-16(24(29)30)20(28)10-19(27)15-9-17(25)22(11-21(15)33-23)32-8-4-7-31-2/h3,9-14,23H,4-8H2,1-2H3,(H,29,30)/b18-3-,26-12-. The van der Waals surface area contributed by atoms with Crippen molar-refractivity contribution in [2.45, 2.75) is 32.4 Å². The Labute approximate surface area is 196 Å². The lowest BCUT2D eigenvalue weighted by Gasteiger charge is -2.32. The van der Waals surface area contributed by atoms with Crippen LogP contribution >= 0.6 is 11.6 Å². The van der Waals surface area contributed by atoms with Crippen LogP contribution in [0.4, 0.5) is 0 Å². The maximum absolute atomic E-state index is 12.5. The predicted octanol–water partition coefficient (Wildman–Crippen LogP) is 4.56. The molecule has 2 heterocycles. The summed E-state index contributed by atoms with van der Waals surface area (Å²) in [6.07, 6.45) is 7.14. The molecule has 4 rings (SSSR count). The number of hydrogen-bond acceptors (Lipinski definition) is 6. The SMILES string of the molecule is C/C=C(\N=C/C1CC1)C1Oc2cc(OCCCOC)c(Cl)cc2-c2cc(=O)c(C(=O)O)cn21. The summed E-state index contributed by atoms with van der Waals surface area (Å²) < 4.78 is 18.7. The number of methoxy groups -OCH3 is 1. The molecule has 174 valence electrons. The van der Waals surface area contributed by atoms with Crippen molar-refractivity contribution >= 4 is 23.8 Å². The predicted molar refractivity (Wildman–Crippen MR) is 125 cm³/mol. The van der Waals surface area contributed by atoms with Gasteiger partial charge in [0.05, 0.1) is 23.0 Å².